The van der Waals surface area contributed by atoms with E-state index in [-0.39, 0.29) is 22.2 Å². The fourth-order valence-electron chi connectivity index (χ4n) is 1.58. The van der Waals surface area contributed by atoms with E-state index in [0.717, 1.165) is 0 Å². The average Bonchev–Trinajstić information content (AvgIpc) is 2.37. The molecule has 0 unspecified atom stereocenters. The smallest absolute Gasteiger partial charge is 0.337 e. The Balaban J connectivity index is 2.31. The van der Waals surface area contributed by atoms with Crippen molar-refractivity contribution in [3.63, 3.8) is 0 Å². The van der Waals surface area contributed by atoms with Crippen LogP contribution in [-0.4, -0.2) is 21.0 Å². The molecule has 0 aliphatic rings. The van der Waals surface area contributed by atoms with Crippen LogP contribution in [0.5, 0.6) is 0 Å². The molecular weight excluding hydrogens is 280 g/mol. The summed E-state index contributed by atoms with van der Waals surface area (Å²) in [6.45, 7) is 1.74. The summed E-state index contributed by atoms with van der Waals surface area (Å²) in [6.07, 6.45) is 0. The molecule has 7 heteroatoms. The van der Waals surface area contributed by atoms with Crippen molar-refractivity contribution in [3.8, 4) is 6.07 Å². The summed E-state index contributed by atoms with van der Waals surface area (Å²) < 4.78 is 0. The number of rotatable bonds is 3. The number of aromatic carboxylic acids is 1. The third-order valence-electron chi connectivity index (χ3n) is 2.42. The Labute approximate surface area is 119 Å². The second kappa shape index (κ2) is 5.55. The zero-order valence-corrected chi connectivity index (χ0v) is 11.1. The van der Waals surface area contributed by atoms with Gasteiger partial charge in [0, 0.05) is 11.4 Å². The highest BCUT2D eigenvalue weighted by Gasteiger charge is 2.09. The van der Waals surface area contributed by atoms with Gasteiger partial charge in [-0.1, -0.05) is 11.6 Å². The number of anilines is 2. The Hall–Kier alpha value is -2.65. The average molecular weight is 289 g/mol. The molecule has 100 valence electrons. The number of aryl methyl sites for hydroxylation is 1. The minimum atomic E-state index is -1.10. The molecule has 1 heterocycles. The number of halogens is 1. The Morgan fingerprint density at radius 2 is 2.15 bits per heavy atom. The molecule has 2 N–H and O–H groups in total. The number of nitrogens with zero attached hydrogens (tertiary/aromatic N) is 3. The Bertz CT molecular complexity index is 725. The minimum Gasteiger partial charge on any atom is -0.478 e. The number of aromatic nitrogens is 2. The van der Waals surface area contributed by atoms with Gasteiger partial charge in [-0.3, -0.25) is 0 Å². The van der Waals surface area contributed by atoms with Crippen molar-refractivity contribution in [1.82, 2.24) is 9.97 Å². The van der Waals surface area contributed by atoms with Gasteiger partial charge in [-0.25, -0.2) is 14.8 Å². The monoisotopic (exact) mass is 288 g/mol. The van der Waals surface area contributed by atoms with Gasteiger partial charge >= 0.3 is 5.97 Å². The second-order valence-electron chi connectivity index (χ2n) is 3.95. The van der Waals surface area contributed by atoms with Crippen molar-refractivity contribution in [3.05, 3.63) is 46.2 Å². The van der Waals surface area contributed by atoms with Crippen LogP contribution in [0.2, 0.25) is 5.02 Å². The van der Waals surface area contributed by atoms with E-state index in [0.29, 0.717) is 11.4 Å². The lowest BCUT2D eigenvalue weighted by Crippen LogP contribution is -2.02. The molecule has 0 saturated carbocycles. The summed E-state index contributed by atoms with van der Waals surface area (Å²) in [7, 11) is 0. The lowest BCUT2D eigenvalue weighted by molar-refractivity contribution is 0.0697. The first kappa shape index (κ1) is 13.8. The van der Waals surface area contributed by atoms with Gasteiger partial charge in [0.15, 0.2) is 0 Å². The van der Waals surface area contributed by atoms with E-state index in [2.05, 4.69) is 15.3 Å². The zero-order chi connectivity index (χ0) is 14.7. The highest BCUT2D eigenvalue weighted by atomic mass is 35.5. The number of hydrogen-bond acceptors (Lipinski definition) is 5. The van der Waals surface area contributed by atoms with Gasteiger partial charge in [0.1, 0.15) is 11.8 Å². The highest BCUT2D eigenvalue weighted by molar-refractivity contribution is 6.33. The van der Waals surface area contributed by atoms with Crippen molar-refractivity contribution in [2.75, 3.05) is 5.32 Å². The Morgan fingerprint density at radius 1 is 1.40 bits per heavy atom. The number of benzene rings is 1. The van der Waals surface area contributed by atoms with Gasteiger partial charge in [0.25, 0.3) is 0 Å². The molecule has 20 heavy (non-hydrogen) atoms. The van der Waals surface area contributed by atoms with E-state index in [9.17, 15) is 4.79 Å². The maximum atomic E-state index is 10.9. The summed E-state index contributed by atoms with van der Waals surface area (Å²) >= 11 is 5.87. The van der Waals surface area contributed by atoms with Crippen LogP contribution in [0.3, 0.4) is 0 Å². The molecule has 2 aromatic rings. The van der Waals surface area contributed by atoms with Crippen molar-refractivity contribution < 1.29 is 9.90 Å². The molecule has 2 rings (SSSR count). The normalized spacial score (nSPS) is 9.85. The highest BCUT2D eigenvalue weighted by Crippen LogP contribution is 2.22. The van der Waals surface area contributed by atoms with Crippen LogP contribution in [0.1, 0.15) is 21.7 Å². The molecule has 0 bridgehead atoms. The Kier molecular flexibility index (Phi) is 3.82. The first-order valence-electron chi connectivity index (χ1n) is 5.55. The maximum Gasteiger partial charge on any atom is 0.337 e. The molecule has 0 aliphatic heterocycles. The number of carbonyl (C=O) groups is 1. The van der Waals surface area contributed by atoms with Crippen LogP contribution in [0.25, 0.3) is 0 Å². The topological polar surface area (TPSA) is 98.9 Å². The number of carboxylic acids is 1. The van der Waals surface area contributed by atoms with E-state index in [1.807, 2.05) is 6.07 Å². The molecule has 0 saturated heterocycles. The fraction of sp³-hybridized carbons (Fsp3) is 0.0769. The molecule has 0 aliphatic carbocycles. The SMILES string of the molecule is Cc1cc(C#N)nc(Nc2ccc(C(=O)O)c(Cl)c2)n1. The first-order chi connectivity index (χ1) is 9.49. The van der Waals surface area contributed by atoms with Gasteiger partial charge in [-0.15, -0.1) is 0 Å². The number of hydrogen-bond donors (Lipinski definition) is 2. The van der Waals surface area contributed by atoms with Crippen LogP contribution in [-0.2, 0) is 0 Å². The van der Waals surface area contributed by atoms with Crippen molar-refractivity contribution in [2.24, 2.45) is 0 Å². The summed E-state index contributed by atoms with van der Waals surface area (Å²) in [6, 6.07) is 7.89. The Morgan fingerprint density at radius 3 is 2.75 bits per heavy atom. The predicted octanol–water partition coefficient (Wildman–Crippen LogP) is 2.75. The summed E-state index contributed by atoms with van der Waals surface area (Å²) in [5.74, 6) is -0.846. The predicted molar refractivity (Wildman–Crippen MR) is 73.2 cm³/mol. The number of nitriles is 1. The number of nitrogens with one attached hydrogen (secondary N) is 1. The zero-order valence-electron chi connectivity index (χ0n) is 10.4. The summed E-state index contributed by atoms with van der Waals surface area (Å²) in [5.41, 5.74) is 1.44. The van der Waals surface area contributed by atoms with E-state index < -0.39 is 5.97 Å². The van der Waals surface area contributed by atoms with Gasteiger partial charge in [-0.05, 0) is 31.2 Å². The van der Waals surface area contributed by atoms with Crippen molar-refractivity contribution >= 4 is 29.2 Å². The van der Waals surface area contributed by atoms with Gasteiger partial charge in [0.2, 0.25) is 5.95 Å². The van der Waals surface area contributed by atoms with E-state index in [4.69, 9.17) is 22.0 Å². The molecule has 0 radical (unpaired) electrons. The van der Waals surface area contributed by atoms with Gasteiger partial charge < -0.3 is 10.4 Å². The molecular formula is C13H9ClN4O2. The quantitative estimate of drug-likeness (QED) is 0.901. The van der Waals surface area contributed by atoms with E-state index in [1.54, 1.807) is 19.1 Å². The van der Waals surface area contributed by atoms with Gasteiger partial charge in [-0.2, -0.15) is 5.26 Å². The molecule has 1 aromatic heterocycles. The summed E-state index contributed by atoms with van der Waals surface area (Å²) in [4.78, 5) is 19.0. The van der Waals surface area contributed by atoms with E-state index in [1.165, 1.54) is 12.1 Å². The fourth-order valence-corrected chi connectivity index (χ4v) is 1.84. The molecule has 0 amide bonds. The molecule has 0 atom stereocenters. The lowest BCUT2D eigenvalue weighted by atomic mass is 10.2. The van der Waals surface area contributed by atoms with Crippen LogP contribution in [0.15, 0.2) is 24.3 Å². The summed E-state index contributed by atoms with van der Waals surface area (Å²) in [5, 5.41) is 20.7. The third-order valence-corrected chi connectivity index (χ3v) is 2.74. The maximum absolute atomic E-state index is 10.9. The minimum absolute atomic E-state index is 0.0140. The molecule has 6 nitrogen and oxygen atoms in total. The van der Waals surface area contributed by atoms with Crippen LogP contribution >= 0.6 is 11.6 Å². The number of carboxylic acid groups (broad SMARTS) is 1. The van der Waals surface area contributed by atoms with Crippen LogP contribution in [0.4, 0.5) is 11.6 Å². The standard InChI is InChI=1S/C13H9ClN4O2/c1-7-4-9(6-15)18-13(16-7)17-8-2-3-10(12(19)20)11(14)5-8/h2-5H,1H3,(H,19,20)(H,16,17,18). The first-order valence-corrected chi connectivity index (χ1v) is 5.93. The third kappa shape index (κ3) is 3.02. The molecule has 1 aromatic carbocycles. The second-order valence-corrected chi connectivity index (χ2v) is 4.36. The van der Waals surface area contributed by atoms with E-state index >= 15 is 0 Å². The van der Waals surface area contributed by atoms with Crippen molar-refractivity contribution in [2.45, 2.75) is 6.92 Å². The van der Waals surface area contributed by atoms with Gasteiger partial charge in [0.05, 0.1) is 10.6 Å². The molecule has 0 spiro atoms. The lowest BCUT2D eigenvalue weighted by Gasteiger charge is -2.07. The van der Waals surface area contributed by atoms with Crippen molar-refractivity contribution in [1.29, 1.82) is 5.26 Å². The van der Waals surface area contributed by atoms with Crippen LogP contribution in [0, 0.1) is 18.3 Å². The van der Waals surface area contributed by atoms with Crippen LogP contribution < -0.4 is 5.32 Å². The largest absolute Gasteiger partial charge is 0.478 e. The molecule has 0 fully saturated rings.